The van der Waals surface area contributed by atoms with Gasteiger partial charge in [-0.2, -0.15) is 0 Å². The Labute approximate surface area is 101 Å². The van der Waals surface area contributed by atoms with Gasteiger partial charge in [-0.25, -0.2) is 4.39 Å². The van der Waals surface area contributed by atoms with Crippen molar-refractivity contribution in [1.29, 1.82) is 0 Å². The molecule has 2 aromatic carbocycles. The van der Waals surface area contributed by atoms with E-state index in [4.69, 9.17) is 0 Å². The third-order valence-corrected chi connectivity index (χ3v) is 2.83. The molecule has 17 heavy (non-hydrogen) atoms. The van der Waals surface area contributed by atoms with Crippen molar-refractivity contribution in [1.82, 2.24) is 0 Å². The lowest BCUT2D eigenvalue weighted by atomic mass is 9.89. The van der Waals surface area contributed by atoms with Crippen LogP contribution < -0.4 is 0 Å². The summed E-state index contributed by atoms with van der Waals surface area (Å²) in [5.41, 5.74) is 0.651. The molecule has 2 heteroatoms. The predicted octanol–water partition coefficient (Wildman–Crippen LogP) is 3.28. The minimum Gasteiger partial charge on any atom is -0.385 e. The quantitative estimate of drug-likeness (QED) is 0.858. The standard InChI is InChI=1S/C15H15FO/c1-15(17,13-7-3-2-4-8-13)11-12-6-5-9-14(16)10-12/h2-10,17H,11H2,1H3. The average Bonchev–Trinajstić information content (AvgIpc) is 2.29. The van der Waals surface area contributed by atoms with Gasteiger partial charge in [0.25, 0.3) is 0 Å². The first-order valence-electron chi connectivity index (χ1n) is 5.60. The summed E-state index contributed by atoms with van der Waals surface area (Å²) >= 11 is 0. The minimum atomic E-state index is -0.977. The van der Waals surface area contributed by atoms with E-state index in [1.165, 1.54) is 12.1 Å². The molecule has 1 atom stereocenters. The van der Waals surface area contributed by atoms with Crippen molar-refractivity contribution in [3.63, 3.8) is 0 Å². The molecule has 0 spiro atoms. The average molecular weight is 230 g/mol. The largest absolute Gasteiger partial charge is 0.385 e. The molecule has 0 aliphatic heterocycles. The Morgan fingerprint density at radius 3 is 2.41 bits per heavy atom. The molecule has 0 heterocycles. The van der Waals surface area contributed by atoms with Gasteiger partial charge in [-0.1, -0.05) is 42.5 Å². The van der Waals surface area contributed by atoms with E-state index in [9.17, 15) is 9.50 Å². The Morgan fingerprint density at radius 1 is 1.06 bits per heavy atom. The second-order valence-electron chi connectivity index (χ2n) is 4.45. The third-order valence-electron chi connectivity index (χ3n) is 2.83. The van der Waals surface area contributed by atoms with Crippen molar-refractivity contribution >= 4 is 0 Å². The zero-order chi connectivity index (χ0) is 12.3. The van der Waals surface area contributed by atoms with E-state index in [-0.39, 0.29) is 5.82 Å². The Morgan fingerprint density at radius 2 is 1.76 bits per heavy atom. The van der Waals surface area contributed by atoms with Crippen LogP contribution in [0, 0.1) is 5.82 Å². The Balaban J connectivity index is 2.23. The van der Waals surface area contributed by atoms with Crippen LogP contribution in [0.5, 0.6) is 0 Å². The molecule has 0 saturated heterocycles. The fourth-order valence-corrected chi connectivity index (χ4v) is 1.94. The molecule has 1 N–H and O–H groups in total. The monoisotopic (exact) mass is 230 g/mol. The number of benzene rings is 2. The van der Waals surface area contributed by atoms with E-state index in [2.05, 4.69) is 0 Å². The van der Waals surface area contributed by atoms with Gasteiger partial charge in [0.2, 0.25) is 0 Å². The first kappa shape index (κ1) is 11.8. The maximum Gasteiger partial charge on any atom is 0.123 e. The van der Waals surface area contributed by atoms with Gasteiger partial charge in [0.1, 0.15) is 5.82 Å². The van der Waals surface area contributed by atoms with Gasteiger partial charge in [-0.15, -0.1) is 0 Å². The number of hydrogen-bond donors (Lipinski definition) is 1. The van der Waals surface area contributed by atoms with Crippen molar-refractivity contribution in [2.24, 2.45) is 0 Å². The summed E-state index contributed by atoms with van der Waals surface area (Å²) in [7, 11) is 0. The third kappa shape index (κ3) is 2.92. The van der Waals surface area contributed by atoms with Crippen molar-refractivity contribution in [3.8, 4) is 0 Å². The topological polar surface area (TPSA) is 20.2 Å². The lowest BCUT2D eigenvalue weighted by molar-refractivity contribution is 0.0576. The van der Waals surface area contributed by atoms with Gasteiger partial charge in [-0.3, -0.25) is 0 Å². The van der Waals surface area contributed by atoms with Gasteiger partial charge >= 0.3 is 0 Å². The van der Waals surface area contributed by atoms with Crippen molar-refractivity contribution in [2.75, 3.05) is 0 Å². The highest BCUT2D eigenvalue weighted by molar-refractivity contribution is 5.26. The fraction of sp³-hybridized carbons (Fsp3) is 0.200. The summed E-state index contributed by atoms with van der Waals surface area (Å²) < 4.78 is 13.1. The summed E-state index contributed by atoms with van der Waals surface area (Å²) in [5, 5.41) is 10.4. The van der Waals surface area contributed by atoms with E-state index in [0.29, 0.717) is 6.42 Å². The maximum atomic E-state index is 13.1. The van der Waals surface area contributed by atoms with Gasteiger partial charge in [0.15, 0.2) is 0 Å². The van der Waals surface area contributed by atoms with Gasteiger partial charge in [-0.05, 0) is 30.2 Å². The molecular formula is C15H15FO. The summed E-state index contributed by atoms with van der Waals surface area (Å²) in [4.78, 5) is 0. The van der Waals surface area contributed by atoms with Crippen LogP contribution in [0.2, 0.25) is 0 Å². The highest BCUT2D eigenvalue weighted by Gasteiger charge is 2.23. The number of halogens is 1. The van der Waals surface area contributed by atoms with Crippen LogP contribution in [0.15, 0.2) is 54.6 Å². The van der Waals surface area contributed by atoms with Crippen molar-refractivity contribution in [3.05, 3.63) is 71.5 Å². The molecule has 0 fully saturated rings. The normalized spacial score (nSPS) is 14.3. The lowest BCUT2D eigenvalue weighted by Crippen LogP contribution is -2.24. The van der Waals surface area contributed by atoms with Crippen molar-refractivity contribution in [2.45, 2.75) is 18.9 Å². The molecule has 0 aromatic heterocycles. The van der Waals surface area contributed by atoms with Crippen LogP contribution in [0.4, 0.5) is 4.39 Å². The van der Waals surface area contributed by atoms with Crippen LogP contribution >= 0.6 is 0 Å². The number of hydrogen-bond acceptors (Lipinski definition) is 1. The smallest absolute Gasteiger partial charge is 0.123 e. The predicted molar refractivity (Wildman–Crippen MR) is 66.1 cm³/mol. The van der Waals surface area contributed by atoms with Crippen molar-refractivity contribution < 1.29 is 9.50 Å². The first-order valence-corrected chi connectivity index (χ1v) is 5.60. The van der Waals surface area contributed by atoms with Crippen LogP contribution in [0.1, 0.15) is 18.1 Å². The maximum absolute atomic E-state index is 13.1. The SMILES string of the molecule is CC(O)(Cc1cccc(F)c1)c1ccccc1. The molecule has 2 rings (SSSR count). The summed E-state index contributed by atoms with van der Waals surface area (Å²) in [6.45, 7) is 1.74. The molecule has 0 aliphatic carbocycles. The molecule has 0 amide bonds. The van der Waals surface area contributed by atoms with E-state index in [1.54, 1.807) is 13.0 Å². The fourth-order valence-electron chi connectivity index (χ4n) is 1.94. The Kier molecular flexibility index (Phi) is 3.25. The van der Waals surface area contributed by atoms with Gasteiger partial charge in [0.05, 0.1) is 5.60 Å². The summed E-state index contributed by atoms with van der Waals surface area (Å²) in [6.07, 6.45) is 0.398. The van der Waals surface area contributed by atoms with E-state index in [0.717, 1.165) is 11.1 Å². The minimum absolute atomic E-state index is 0.272. The second-order valence-corrected chi connectivity index (χ2v) is 4.45. The Bertz CT molecular complexity index is 491. The molecule has 0 radical (unpaired) electrons. The molecule has 88 valence electrons. The first-order chi connectivity index (χ1) is 8.08. The summed E-state index contributed by atoms with van der Waals surface area (Å²) in [6, 6.07) is 15.8. The van der Waals surface area contributed by atoms with Crippen LogP contribution in [-0.4, -0.2) is 5.11 Å². The molecule has 1 unspecified atom stereocenters. The van der Waals surface area contributed by atoms with Crippen LogP contribution in [-0.2, 0) is 12.0 Å². The molecular weight excluding hydrogens is 215 g/mol. The van der Waals surface area contributed by atoms with Gasteiger partial charge in [0, 0.05) is 6.42 Å². The number of aliphatic hydroxyl groups is 1. The highest BCUT2D eigenvalue weighted by Crippen LogP contribution is 2.25. The zero-order valence-electron chi connectivity index (χ0n) is 9.73. The van der Waals surface area contributed by atoms with E-state index >= 15 is 0 Å². The summed E-state index contributed by atoms with van der Waals surface area (Å²) in [5.74, 6) is -0.272. The molecule has 0 bridgehead atoms. The zero-order valence-corrected chi connectivity index (χ0v) is 9.73. The van der Waals surface area contributed by atoms with E-state index < -0.39 is 5.60 Å². The van der Waals surface area contributed by atoms with Gasteiger partial charge < -0.3 is 5.11 Å². The highest BCUT2D eigenvalue weighted by atomic mass is 19.1. The molecule has 2 aromatic rings. The Hall–Kier alpha value is -1.67. The molecule has 0 aliphatic rings. The molecule has 0 saturated carbocycles. The molecule has 1 nitrogen and oxygen atoms in total. The van der Waals surface area contributed by atoms with E-state index in [1.807, 2.05) is 36.4 Å². The number of rotatable bonds is 3. The van der Waals surface area contributed by atoms with Crippen LogP contribution in [0.3, 0.4) is 0 Å². The lowest BCUT2D eigenvalue weighted by Gasteiger charge is -2.24. The second kappa shape index (κ2) is 4.68. The van der Waals surface area contributed by atoms with Crippen LogP contribution in [0.25, 0.3) is 0 Å².